The summed E-state index contributed by atoms with van der Waals surface area (Å²) in [5, 5.41) is 12.9. The van der Waals surface area contributed by atoms with E-state index in [1.807, 2.05) is 31.2 Å². The van der Waals surface area contributed by atoms with E-state index in [-0.39, 0.29) is 11.7 Å². The molecule has 0 bridgehead atoms. The molecule has 2 aromatic rings. The number of benzene rings is 2. The fraction of sp³-hybridized carbons (Fsp3) is 0.0588. The molecule has 7 heteroatoms. The van der Waals surface area contributed by atoms with Gasteiger partial charge in [-0.1, -0.05) is 22.0 Å². The number of halogens is 2. The van der Waals surface area contributed by atoms with Gasteiger partial charge in [0.25, 0.3) is 5.91 Å². The summed E-state index contributed by atoms with van der Waals surface area (Å²) in [6, 6.07) is 11.0. The van der Waals surface area contributed by atoms with Crippen molar-refractivity contribution in [2.75, 3.05) is 0 Å². The second-order valence-corrected chi connectivity index (χ2v) is 8.23. The molecule has 1 aliphatic heterocycles. The molecule has 3 rings (SSSR count). The number of phenols is 1. The number of aliphatic imine (C=N–C) groups is 1. The van der Waals surface area contributed by atoms with Crippen molar-refractivity contribution in [3.05, 3.63) is 60.5 Å². The first-order valence-electron chi connectivity index (χ1n) is 6.96. The third kappa shape index (κ3) is 4.01. The van der Waals surface area contributed by atoms with Crippen molar-refractivity contribution in [1.82, 2.24) is 5.32 Å². The van der Waals surface area contributed by atoms with Gasteiger partial charge in [0.1, 0.15) is 5.75 Å². The molecule has 1 amide bonds. The van der Waals surface area contributed by atoms with Crippen LogP contribution in [-0.4, -0.2) is 16.2 Å². The number of aryl methyl sites for hydroxylation is 1. The molecule has 0 radical (unpaired) electrons. The summed E-state index contributed by atoms with van der Waals surface area (Å²) in [5.41, 5.74) is 2.70. The molecule has 24 heavy (non-hydrogen) atoms. The molecule has 4 nitrogen and oxygen atoms in total. The Morgan fingerprint density at radius 3 is 2.79 bits per heavy atom. The van der Waals surface area contributed by atoms with Gasteiger partial charge in [-0.3, -0.25) is 4.79 Å². The molecule has 0 saturated carbocycles. The van der Waals surface area contributed by atoms with E-state index in [1.54, 1.807) is 18.2 Å². The molecule has 1 heterocycles. The Morgan fingerprint density at radius 1 is 1.29 bits per heavy atom. The summed E-state index contributed by atoms with van der Waals surface area (Å²) in [4.78, 5) is 17.2. The van der Waals surface area contributed by atoms with E-state index in [4.69, 9.17) is 0 Å². The highest BCUT2D eigenvalue weighted by molar-refractivity contribution is 14.1. The van der Waals surface area contributed by atoms with Crippen LogP contribution in [0.15, 0.2) is 50.8 Å². The predicted molar refractivity (Wildman–Crippen MR) is 111 cm³/mol. The molecule has 0 unspecified atom stereocenters. The summed E-state index contributed by atoms with van der Waals surface area (Å²) >= 11 is 6.78. The van der Waals surface area contributed by atoms with E-state index in [0.717, 1.165) is 24.9 Å². The molecular formula is C17H12BrIN2O2S. The quantitative estimate of drug-likeness (QED) is 0.440. The number of amidine groups is 1. The third-order valence-corrected chi connectivity index (χ3v) is 5.57. The van der Waals surface area contributed by atoms with Crippen LogP contribution in [0.2, 0.25) is 0 Å². The molecule has 2 aromatic carbocycles. The van der Waals surface area contributed by atoms with E-state index >= 15 is 0 Å². The zero-order chi connectivity index (χ0) is 17.3. The molecular weight excluding hydrogens is 503 g/mol. The average molecular weight is 515 g/mol. The lowest BCUT2D eigenvalue weighted by Crippen LogP contribution is -2.19. The van der Waals surface area contributed by atoms with Crippen molar-refractivity contribution in [3.63, 3.8) is 0 Å². The number of amides is 1. The summed E-state index contributed by atoms with van der Waals surface area (Å²) in [7, 11) is 0. The molecule has 122 valence electrons. The van der Waals surface area contributed by atoms with Gasteiger partial charge in [-0.15, -0.1) is 0 Å². The van der Waals surface area contributed by atoms with Crippen molar-refractivity contribution in [2.45, 2.75) is 6.92 Å². The van der Waals surface area contributed by atoms with Crippen LogP contribution < -0.4 is 5.32 Å². The first-order chi connectivity index (χ1) is 11.4. The molecule has 1 fully saturated rings. The fourth-order valence-corrected chi connectivity index (χ4v) is 3.95. The lowest BCUT2D eigenvalue weighted by Gasteiger charge is -2.01. The number of aromatic hydroxyl groups is 1. The molecule has 0 aromatic heterocycles. The maximum atomic E-state index is 12.1. The molecule has 0 spiro atoms. The molecule has 0 atom stereocenters. The molecule has 1 saturated heterocycles. The Balaban J connectivity index is 1.86. The number of phenolic OH excluding ortho intramolecular Hbond substituents is 1. The number of rotatable bonds is 2. The van der Waals surface area contributed by atoms with E-state index in [0.29, 0.717) is 10.1 Å². The Bertz CT molecular complexity index is 896. The van der Waals surface area contributed by atoms with Gasteiger partial charge in [0.15, 0.2) is 5.17 Å². The van der Waals surface area contributed by atoms with Crippen LogP contribution in [-0.2, 0) is 4.79 Å². The summed E-state index contributed by atoms with van der Waals surface area (Å²) < 4.78 is 1.74. The fourth-order valence-electron chi connectivity index (χ4n) is 2.10. The highest BCUT2D eigenvalue weighted by atomic mass is 127. The normalized spacial score (nSPS) is 17.5. The molecule has 0 aliphatic carbocycles. The maximum absolute atomic E-state index is 12.1. The van der Waals surface area contributed by atoms with Crippen LogP contribution >= 0.6 is 50.3 Å². The van der Waals surface area contributed by atoms with Gasteiger partial charge in [0.2, 0.25) is 0 Å². The van der Waals surface area contributed by atoms with Crippen LogP contribution in [0.3, 0.4) is 0 Å². The predicted octanol–water partition coefficient (Wildman–Crippen LogP) is 4.96. The second kappa shape index (κ2) is 7.28. The Hall–Kier alpha value is -1.32. The van der Waals surface area contributed by atoms with Gasteiger partial charge in [0, 0.05) is 4.47 Å². The van der Waals surface area contributed by atoms with Crippen LogP contribution in [0.4, 0.5) is 5.69 Å². The number of nitrogens with one attached hydrogen (secondary N) is 1. The summed E-state index contributed by atoms with van der Waals surface area (Å²) in [6.45, 7) is 1.97. The largest absolute Gasteiger partial charge is 0.507 e. The molecule has 1 aliphatic rings. The van der Waals surface area contributed by atoms with E-state index in [2.05, 4.69) is 48.8 Å². The number of thioether (sulfide) groups is 1. The first-order valence-corrected chi connectivity index (χ1v) is 9.65. The van der Waals surface area contributed by atoms with Gasteiger partial charge in [-0.05, 0) is 88.8 Å². The highest BCUT2D eigenvalue weighted by Gasteiger charge is 2.24. The van der Waals surface area contributed by atoms with Crippen molar-refractivity contribution >= 4 is 73.1 Å². The van der Waals surface area contributed by atoms with Crippen LogP contribution in [0.5, 0.6) is 5.75 Å². The lowest BCUT2D eigenvalue weighted by molar-refractivity contribution is -0.115. The topological polar surface area (TPSA) is 61.7 Å². The van der Waals surface area contributed by atoms with Crippen molar-refractivity contribution in [3.8, 4) is 5.75 Å². The van der Waals surface area contributed by atoms with Crippen LogP contribution in [0.1, 0.15) is 11.1 Å². The summed E-state index contributed by atoms with van der Waals surface area (Å²) in [6.07, 6.45) is 1.79. The minimum Gasteiger partial charge on any atom is -0.507 e. The monoisotopic (exact) mass is 514 g/mol. The minimum atomic E-state index is -0.170. The van der Waals surface area contributed by atoms with E-state index in [9.17, 15) is 9.90 Å². The number of carbonyl (C=O) groups excluding carboxylic acids is 1. The lowest BCUT2D eigenvalue weighted by atomic mass is 10.2. The Labute approximate surface area is 165 Å². The Morgan fingerprint density at radius 2 is 2.08 bits per heavy atom. The Kier molecular flexibility index (Phi) is 5.31. The number of carbonyl (C=O) groups is 1. The van der Waals surface area contributed by atoms with Gasteiger partial charge >= 0.3 is 0 Å². The van der Waals surface area contributed by atoms with Crippen molar-refractivity contribution in [2.24, 2.45) is 4.99 Å². The van der Waals surface area contributed by atoms with Crippen molar-refractivity contribution < 1.29 is 9.90 Å². The smallest absolute Gasteiger partial charge is 0.264 e. The summed E-state index contributed by atoms with van der Waals surface area (Å²) in [5.74, 6) is 0.0610. The van der Waals surface area contributed by atoms with Gasteiger partial charge in [-0.2, -0.15) is 0 Å². The van der Waals surface area contributed by atoms with E-state index < -0.39 is 0 Å². The van der Waals surface area contributed by atoms with Gasteiger partial charge < -0.3 is 10.4 Å². The minimum absolute atomic E-state index is 0.170. The first kappa shape index (κ1) is 17.5. The second-order valence-electron chi connectivity index (χ2n) is 5.12. The SMILES string of the molecule is Cc1cc(Br)ccc1N=C1NC(=O)/C(=C/c2ccc(O)c(I)c2)S1. The maximum Gasteiger partial charge on any atom is 0.264 e. The zero-order valence-electron chi connectivity index (χ0n) is 12.5. The highest BCUT2D eigenvalue weighted by Crippen LogP contribution is 2.31. The zero-order valence-corrected chi connectivity index (χ0v) is 17.1. The average Bonchev–Trinajstić information content (AvgIpc) is 2.86. The standard InChI is InChI=1S/C17H12BrIN2O2S/c1-9-6-11(18)3-4-13(9)20-17-21-16(23)15(24-17)8-10-2-5-14(22)12(19)7-10/h2-8,22H,1H3,(H,20,21,23)/b15-8-. The number of nitrogens with zero attached hydrogens (tertiary/aromatic N) is 1. The van der Waals surface area contributed by atoms with Crippen LogP contribution in [0, 0.1) is 10.5 Å². The number of hydrogen-bond acceptors (Lipinski definition) is 4. The van der Waals surface area contributed by atoms with Crippen LogP contribution in [0.25, 0.3) is 6.08 Å². The molecule has 2 N–H and O–H groups in total. The van der Waals surface area contributed by atoms with E-state index in [1.165, 1.54) is 11.8 Å². The number of hydrogen-bond donors (Lipinski definition) is 2. The van der Waals surface area contributed by atoms with Crippen molar-refractivity contribution in [1.29, 1.82) is 0 Å². The van der Waals surface area contributed by atoms with Gasteiger partial charge in [-0.25, -0.2) is 4.99 Å². The van der Waals surface area contributed by atoms with Gasteiger partial charge in [0.05, 0.1) is 14.2 Å². The third-order valence-electron chi connectivity index (χ3n) is 3.30.